The van der Waals surface area contributed by atoms with E-state index in [1.54, 1.807) is 0 Å². The Labute approximate surface area is 133 Å². The molecule has 1 aromatic carbocycles. The molecule has 0 radical (unpaired) electrons. The molecule has 0 bridgehead atoms. The molecule has 0 saturated carbocycles. The van der Waals surface area contributed by atoms with Gasteiger partial charge in [0.15, 0.2) is 0 Å². The van der Waals surface area contributed by atoms with Gasteiger partial charge >= 0.3 is 0 Å². The van der Waals surface area contributed by atoms with E-state index in [1.165, 1.54) is 21.1 Å². The average Bonchev–Trinajstić information content (AvgIpc) is 2.68. The van der Waals surface area contributed by atoms with Gasteiger partial charge < -0.3 is 5.32 Å². The van der Waals surface area contributed by atoms with Crippen LogP contribution in [0.3, 0.4) is 0 Å². The maximum absolute atomic E-state index is 4.66. The first-order valence-electron chi connectivity index (χ1n) is 6.99. The van der Waals surface area contributed by atoms with E-state index in [2.05, 4.69) is 71.3 Å². The highest BCUT2D eigenvalue weighted by Crippen LogP contribution is 2.20. The highest BCUT2D eigenvalue weighted by atomic mass is 79.9. The van der Waals surface area contributed by atoms with Crippen LogP contribution in [0.5, 0.6) is 0 Å². The second-order valence-corrected chi connectivity index (χ2v) is 7.25. The first kappa shape index (κ1) is 15.7. The van der Waals surface area contributed by atoms with Crippen LogP contribution < -0.4 is 5.32 Å². The Morgan fingerprint density at radius 2 is 2.10 bits per heavy atom. The smallest absolute Gasteiger partial charge is 0.0946 e. The van der Waals surface area contributed by atoms with E-state index in [9.17, 15) is 0 Å². The van der Waals surface area contributed by atoms with E-state index < -0.39 is 0 Å². The van der Waals surface area contributed by atoms with Gasteiger partial charge in [0.05, 0.1) is 10.7 Å². The molecule has 1 N–H and O–H groups in total. The molecule has 0 amide bonds. The molecule has 2 rings (SSSR count). The number of aromatic nitrogens is 1. The third-order valence-corrected chi connectivity index (χ3v) is 4.95. The molecule has 108 valence electrons. The molecule has 0 fully saturated rings. The zero-order valence-corrected chi connectivity index (χ0v) is 14.6. The molecule has 1 aromatic heterocycles. The van der Waals surface area contributed by atoms with Crippen molar-refractivity contribution in [1.82, 2.24) is 10.3 Å². The number of hydrogen-bond acceptors (Lipinski definition) is 3. The monoisotopic (exact) mass is 352 g/mol. The number of thiazole rings is 1. The topological polar surface area (TPSA) is 24.9 Å². The highest BCUT2D eigenvalue weighted by Gasteiger charge is 2.13. The van der Waals surface area contributed by atoms with Gasteiger partial charge in [0.1, 0.15) is 0 Å². The van der Waals surface area contributed by atoms with Crippen LogP contribution in [-0.4, -0.2) is 17.6 Å². The summed E-state index contributed by atoms with van der Waals surface area (Å²) in [5.41, 5.74) is 2.53. The van der Waals surface area contributed by atoms with Crippen molar-refractivity contribution >= 4 is 27.3 Å². The van der Waals surface area contributed by atoms with Gasteiger partial charge in [-0.25, -0.2) is 4.98 Å². The molecule has 2 aromatic rings. The van der Waals surface area contributed by atoms with Crippen molar-refractivity contribution in [2.75, 3.05) is 6.54 Å². The quantitative estimate of drug-likeness (QED) is 0.838. The van der Waals surface area contributed by atoms with Crippen LogP contribution in [0, 0.1) is 13.8 Å². The summed E-state index contributed by atoms with van der Waals surface area (Å²) in [5.74, 6) is 0. The van der Waals surface area contributed by atoms with Crippen molar-refractivity contribution in [3.05, 3.63) is 49.9 Å². The summed E-state index contributed by atoms with van der Waals surface area (Å²) in [6.45, 7) is 7.38. The molecule has 0 aliphatic rings. The Balaban J connectivity index is 2.06. The lowest BCUT2D eigenvalue weighted by Crippen LogP contribution is -2.33. The first-order valence-corrected chi connectivity index (χ1v) is 8.60. The van der Waals surface area contributed by atoms with E-state index in [-0.39, 0.29) is 0 Å². The fourth-order valence-corrected chi connectivity index (χ4v) is 3.75. The number of aryl methyl sites for hydroxylation is 2. The first-order chi connectivity index (χ1) is 9.58. The Morgan fingerprint density at radius 1 is 1.30 bits per heavy atom. The third-order valence-electron chi connectivity index (χ3n) is 3.36. The van der Waals surface area contributed by atoms with Crippen LogP contribution in [0.25, 0.3) is 0 Å². The van der Waals surface area contributed by atoms with E-state index >= 15 is 0 Å². The van der Waals surface area contributed by atoms with Gasteiger partial charge in [0, 0.05) is 21.8 Å². The van der Waals surface area contributed by atoms with Crippen LogP contribution in [0.1, 0.15) is 28.1 Å². The van der Waals surface area contributed by atoms with Gasteiger partial charge in [0.2, 0.25) is 0 Å². The summed E-state index contributed by atoms with van der Waals surface area (Å²) < 4.78 is 1.14. The van der Waals surface area contributed by atoms with Crippen LogP contribution >= 0.6 is 27.3 Å². The van der Waals surface area contributed by atoms with Crippen LogP contribution in [-0.2, 0) is 12.8 Å². The normalized spacial score (nSPS) is 12.6. The summed E-state index contributed by atoms with van der Waals surface area (Å²) in [7, 11) is 0. The minimum atomic E-state index is 0.444. The number of hydrogen-bond donors (Lipinski definition) is 1. The minimum absolute atomic E-state index is 0.444. The fourth-order valence-electron chi connectivity index (χ4n) is 2.29. The maximum Gasteiger partial charge on any atom is 0.0946 e. The Hall–Kier alpha value is -0.710. The van der Waals surface area contributed by atoms with Crippen molar-refractivity contribution in [2.45, 2.75) is 39.7 Å². The third kappa shape index (κ3) is 4.40. The van der Waals surface area contributed by atoms with Gasteiger partial charge in [0.25, 0.3) is 0 Å². The fraction of sp³-hybridized carbons (Fsp3) is 0.438. The Bertz CT molecular complexity index is 546. The van der Waals surface area contributed by atoms with E-state index in [4.69, 9.17) is 0 Å². The van der Waals surface area contributed by atoms with Gasteiger partial charge in [-0.15, -0.1) is 11.3 Å². The lowest BCUT2D eigenvalue weighted by atomic mass is 10.0. The molecule has 1 atom stereocenters. The molecule has 0 aliphatic carbocycles. The Morgan fingerprint density at radius 3 is 2.70 bits per heavy atom. The predicted octanol–water partition coefficient (Wildman–Crippen LogP) is 4.29. The molecule has 4 heteroatoms. The van der Waals surface area contributed by atoms with Crippen molar-refractivity contribution in [3.63, 3.8) is 0 Å². The zero-order chi connectivity index (χ0) is 14.5. The Kier molecular flexibility index (Phi) is 5.75. The second-order valence-electron chi connectivity index (χ2n) is 5.04. The second kappa shape index (κ2) is 7.34. The van der Waals surface area contributed by atoms with Crippen molar-refractivity contribution in [1.29, 1.82) is 0 Å². The molecule has 0 aliphatic heterocycles. The molecule has 0 saturated heterocycles. The van der Waals surface area contributed by atoms with Crippen LogP contribution in [0.2, 0.25) is 0 Å². The van der Waals surface area contributed by atoms with Crippen molar-refractivity contribution in [2.24, 2.45) is 0 Å². The molecule has 1 unspecified atom stereocenters. The van der Waals surface area contributed by atoms with Crippen LogP contribution in [0.4, 0.5) is 0 Å². The summed E-state index contributed by atoms with van der Waals surface area (Å²) >= 11 is 5.36. The lowest BCUT2D eigenvalue weighted by Gasteiger charge is -2.17. The average molecular weight is 353 g/mol. The number of halogens is 1. The predicted molar refractivity (Wildman–Crippen MR) is 90.6 cm³/mol. The molecular formula is C16H21BrN2S. The molecular weight excluding hydrogens is 332 g/mol. The summed E-state index contributed by atoms with van der Waals surface area (Å²) in [5, 5.41) is 4.82. The van der Waals surface area contributed by atoms with Crippen LogP contribution in [0.15, 0.2) is 28.7 Å². The van der Waals surface area contributed by atoms with Gasteiger partial charge in [-0.3, -0.25) is 0 Å². The SMILES string of the molecule is CCNC(Cc1cccc(Br)c1)Cc1nc(C)c(C)s1. The summed E-state index contributed by atoms with van der Waals surface area (Å²) in [6.07, 6.45) is 2.03. The van der Waals surface area contributed by atoms with E-state index in [0.717, 1.165) is 23.9 Å². The molecule has 20 heavy (non-hydrogen) atoms. The lowest BCUT2D eigenvalue weighted by molar-refractivity contribution is 0.520. The number of likely N-dealkylation sites (N-methyl/N-ethyl adjacent to an activating group) is 1. The summed E-state index contributed by atoms with van der Waals surface area (Å²) in [4.78, 5) is 5.99. The van der Waals surface area contributed by atoms with Gasteiger partial charge in [-0.2, -0.15) is 0 Å². The zero-order valence-electron chi connectivity index (χ0n) is 12.2. The number of nitrogens with zero attached hydrogens (tertiary/aromatic N) is 1. The minimum Gasteiger partial charge on any atom is -0.314 e. The standard InChI is InChI=1S/C16H21BrN2S/c1-4-18-15(9-13-6-5-7-14(17)8-13)10-16-19-11(2)12(3)20-16/h5-8,15,18H,4,9-10H2,1-3H3. The van der Waals surface area contributed by atoms with E-state index in [1.807, 2.05) is 11.3 Å². The molecule has 0 spiro atoms. The summed E-state index contributed by atoms with van der Waals surface area (Å²) in [6, 6.07) is 8.99. The van der Waals surface area contributed by atoms with Gasteiger partial charge in [-0.05, 0) is 44.5 Å². The maximum atomic E-state index is 4.66. The van der Waals surface area contributed by atoms with Crippen molar-refractivity contribution in [3.8, 4) is 0 Å². The molecule has 1 heterocycles. The van der Waals surface area contributed by atoms with Crippen molar-refractivity contribution < 1.29 is 0 Å². The number of nitrogens with one attached hydrogen (secondary N) is 1. The highest BCUT2D eigenvalue weighted by molar-refractivity contribution is 9.10. The number of rotatable bonds is 6. The molecule has 2 nitrogen and oxygen atoms in total. The van der Waals surface area contributed by atoms with E-state index in [0.29, 0.717) is 6.04 Å². The largest absolute Gasteiger partial charge is 0.314 e. The van der Waals surface area contributed by atoms with Gasteiger partial charge in [-0.1, -0.05) is 35.0 Å². The number of benzene rings is 1.